The maximum Gasteiger partial charge on any atom is 0.0997 e. The minimum atomic E-state index is 0.703. The molecule has 0 saturated carbocycles. The van der Waals surface area contributed by atoms with Crippen molar-refractivity contribution in [3.8, 4) is 0 Å². The van der Waals surface area contributed by atoms with Gasteiger partial charge in [0.1, 0.15) is 0 Å². The quantitative estimate of drug-likeness (QED) is 0.237. The van der Waals surface area contributed by atoms with E-state index in [1.807, 2.05) is 0 Å². The van der Waals surface area contributed by atoms with E-state index in [1.54, 1.807) is 0 Å². The third-order valence-corrected chi connectivity index (χ3v) is 8.36. The molecule has 3 aromatic rings. The van der Waals surface area contributed by atoms with Crippen LogP contribution in [0.15, 0.2) is 97.6 Å². The van der Waals surface area contributed by atoms with E-state index in [2.05, 4.69) is 128 Å². The van der Waals surface area contributed by atoms with Gasteiger partial charge in [0.15, 0.2) is 0 Å². The van der Waals surface area contributed by atoms with Crippen molar-refractivity contribution in [1.29, 1.82) is 0 Å². The second-order valence-electron chi connectivity index (χ2n) is 11.8. The van der Waals surface area contributed by atoms with Crippen LogP contribution in [0, 0.1) is 0 Å². The highest BCUT2D eigenvalue weighted by Crippen LogP contribution is 2.11. The van der Waals surface area contributed by atoms with Gasteiger partial charge in [0.05, 0.1) is 11.6 Å². The van der Waals surface area contributed by atoms with Gasteiger partial charge >= 0.3 is 0 Å². The minimum Gasteiger partial charge on any atom is -0.368 e. The molecule has 0 amide bonds. The molecule has 0 aliphatic carbocycles. The van der Waals surface area contributed by atoms with Gasteiger partial charge in [-0.15, -0.1) is 0 Å². The molecule has 234 valence electrons. The number of rotatable bonds is 0. The van der Waals surface area contributed by atoms with E-state index < -0.39 is 0 Å². The van der Waals surface area contributed by atoms with Gasteiger partial charge in [-0.05, 0) is 33.4 Å². The molecule has 15 rings (SSSR count). The Morgan fingerprint density at radius 1 is 0.386 bits per heavy atom. The standard InChI is InChI=1S/C36H50N8/c1-29-41-27-35-11-7-33(8-12-35)24-38-16-20-43-19-15-37-23-31-3-5-32(6-4-31)26-40-18-22-44(29)30(2)42-28-36-13-9-34(10-14-36)25-39-17-21-43/h3-14,37-42H,1-2,15-28H2. The van der Waals surface area contributed by atoms with Crippen molar-refractivity contribution in [2.75, 3.05) is 52.4 Å². The summed E-state index contributed by atoms with van der Waals surface area (Å²) < 4.78 is 0. The Kier molecular flexibility index (Phi) is 12.3. The molecule has 8 nitrogen and oxygen atoms in total. The summed E-state index contributed by atoms with van der Waals surface area (Å²) in [5, 5.41) is 21.7. The molecule has 0 unspecified atom stereocenters. The highest BCUT2D eigenvalue weighted by molar-refractivity contribution is 5.25. The zero-order chi connectivity index (χ0) is 30.4. The smallest absolute Gasteiger partial charge is 0.0997 e. The first-order valence-corrected chi connectivity index (χ1v) is 16.0. The van der Waals surface area contributed by atoms with Crippen molar-refractivity contribution in [1.82, 2.24) is 41.7 Å². The molecule has 0 saturated heterocycles. The Balaban J connectivity index is 1.36. The summed E-state index contributed by atoms with van der Waals surface area (Å²) in [6, 6.07) is 26.6. The predicted molar refractivity (Wildman–Crippen MR) is 181 cm³/mol. The SMILES string of the molecule is C=C1NCc2ccc(cc2)CNCCN2CCNCc3ccc(cc3)CNCCN1C(=C)NCc1ccc(cc1)CNCC2. The molecular formula is C36H50N8. The van der Waals surface area contributed by atoms with E-state index in [9.17, 15) is 0 Å². The molecule has 12 aliphatic rings. The molecule has 12 heterocycles. The first-order chi connectivity index (χ1) is 21.6. The summed E-state index contributed by atoms with van der Waals surface area (Å²) in [6.45, 7) is 21.1. The molecule has 0 radical (unpaired) electrons. The number of hydrogen-bond acceptors (Lipinski definition) is 8. The van der Waals surface area contributed by atoms with Crippen LogP contribution in [0.3, 0.4) is 0 Å². The van der Waals surface area contributed by atoms with Crippen LogP contribution in [-0.2, 0) is 39.3 Å². The molecule has 0 fully saturated rings. The van der Waals surface area contributed by atoms with E-state index >= 15 is 0 Å². The van der Waals surface area contributed by atoms with Gasteiger partial charge in [-0.2, -0.15) is 0 Å². The zero-order valence-electron chi connectivity index (χ0n) is 26.1. The zero-order valence-corrected chi connectivity index (χ0v) is 26.1. The maximum absolute atomic E-state index is 4.39. The summed E-state index contributed by atoms with van der Waals surface area (Å²) in [4.78, 5) is 4.69. The summed E-state index contributed by atoms with van der Waals surface area (Å²) in [6.07, 6.45) is 0. The third kappa shape index (κ3) is 10.2. The van der Waals surface area contributed by atoms with Gasteiger partial charge in [0.25, 0.3) is 0 Å². The fraction of sp³-hybridized carbons (Fsp3) is 0.389. The Bertz CT molecular complexity index is 1230. The Morgan fingerprint density at radius 3 is 0.977 bits per heavy atom. The third-order valence-electron chi connectivity index (χ3n) is 8.36. The molecule has 12 aliphatic heterocycles. The summed E-state index contributed by atoms with van der Waals surface area (Å²) in [5.41, 5.74) is 7.63. The van der Waals surface area contributed by atoms with E-state index in [0.717, 1.165) is 90.2 Å². The van der Waals surface area contributed by atoms with E-state index in [0.29, 0.717) is 13.1 Å². The number of hydrogen-bond donors (Lipinski definition) is 6. The molecule has 6 N–H and O–H groups in total. The largest absolute Gasteiger partial charge is 0.368 e. The number of benzene rings is 3. The second kappa shape index (κ2) is 17.0. The topological polar surface area (TPSA) is 78.7 Å². The van der Waals surface area contributed by atoms with Crippen molar-refractivity contribution >= 4 is 0 Å². The lowest BCUT2D eigenvalue weighted by molar-refractivity contribution is 0.271. The van der Waals surface area contributed by atoms with Gasteiger partial charge in [-0.25, -0.2) is 0 Å². The molecule has 44 heavy (non-hydrogen) atoms. The van der Waals surface area contributed by atoms with Crippen LogP contribution in [0.4, 0.5) is 0 Å². The van der Waals surface area contributed by atoms with Gasteiger partial charge < -0.3 is 36.8 Å². The number of nitrogens with one attached hydrogen (secondary N) is 6. The molecule has 0 aromatic heterocycles. The Hall–Kier alpha value is -3.66. The van der Waals surface area contributed by atoms with Crippen LogP contribution in [0.2, 0.25) is 0 Å². The molecule has 8 heteroatoms. The van der Waals surface area contributed by atoms with Crippen LogP contribution >= 0.6 is 0 Å². The highest BCUT2D eigenvalue weighted by atomic mass is 15.3. The first kappa shape index (κ1) is 31.8. The van der Waals surface area contributed by atoms with Gasteiger partial charge in [0.2, 0.25) is 0 Å². The van der Waals surface area contributed by atoms with E-state index in [-0.39, 0.29) is 0 Å². The monoisotopic (exact) mass is 594 g/mol. The molecule has 0 spiro atoms. The Labute approximate surface area is 264 Å². The Morgan fingerprint density at radius 2 is 0.659 bits per heavy atom. The average Bonchev–Trinajstić information content (AvgIpc) is 3.05. The van der Waals surface area contributed by atoms with Gasteiger partial charge in [-0.1, -0.05) is 86.0 Å². The first-order valence-electron chi connectivity index (χ1n) is 16.0. The summed E-state index contributed by atoms with van der Waals surface area (Å²) in [5.74, 6) is 1.66. The van der Waals surface area contributed by atoms with Crippen LogP contribution < -0.4 is 31.9 Å². The second-order valence-corrected chi connectivity index (χ2v) is 11.8. The molecule has 0 atom stereocenters. The fourth-order valence-corrected chi connectivity index (χ4v) is 5.53. The van der Waals surface area contributed by atoms with E-state index in [1.165, 1.54) is 33.4 Å². The van der Waals surface area contributed by atoms with Crippen molar-refractivity contribution in [3.05, 3.63) is 131 Å². The van der Waals surface area contributed by atoms with Crippen molar-refractivity contribution in [3.63, 3.8) is 0 Å². The normalized spacial score (nSPS) is 19.0. The highest BCUT2D eigenvalue weighted by Gasteiger charge is 2.12. The van der Waals surface area contributed by atoms with Gasteiger partial charge in [0, 0.05) is 91.6 Å². The fourth-order valence-electron chi connectivity index (χ4n) is 5.53. The predicted octanol–water partition coefficient (Wildman–Crippen LogP) is 3.20. The molecule has 8 bridgehead atoms. The maximum atomic E-state index is 4.39. The van der Waals surface area contributed by atoms with Crippen molar-refractivity contribution in [2.45, 2.75) is 39.3 Å². The summed E-state index contributed by atoms with van der Waals surface area (Å²) in [7, 11) is 0. The van der Waals surface area contributed by atoms with Crippen LogP contribution in [0.5, 0.6) is 0 Å². The van der Waals surface area contributed by atoms with Crippen molar-refractivity contribution < 1.29 is 0 Å². The molecule has 3 aromatic carbocycles. The average molecular weight is 595 g/mol. The number of nitrogens with zero attached hydrogens (tertiary/aromatic N) is 2. The lowest BCUT2D eigenvalue weighted by Crippen LogP contribution is -2.40. The van der Waals surface area contributed by atoms with E-state index in [4.69, 9.17) is 0 Å². The summed E-state index contributed by atoms with van der Waals surface area (Å²) >= 11 is 0. The van der Waals surface area contributed by atoms with Crippen molar-refractivity contribution in [2.24, 2.45) is 0 Å². The molecular weight excluding hydrogens is 544 g/mol. The van der Waals surface area contributed by atoms with Crippen LogP contribution in [0.1, 0.15) is 33.4 Å². The van der Waals surface area contributed by atoms with Gasteiger partial charge in [-0.3, -0.25) is 4.90 Å². The van der Waals surface area contributed by atoms with Crippen LogP contribution in [-0.4, -0.2) is 62.2 Å². The lowest BCUT2D eigenvalue weighted by atomic mass is 10.1. The van der Waals surface area contributed by atoms with Crippen LogP contribution in [0.25, 0.3) is 0 Å². The lowest BCUT2D eigenvalue weighted by Gasteiger charge is -2.30. The minimum absolute atomic E-state index is 0.703.